The standard InChI is InChI=1S/C24H35N3O4S.C7H8.2H2/c1-18(14-24(2,3)4)31-22(28)26-12-8-11-20(13-19-9-6-5-7-10-19)27-23(29)30-16-21-15-25-17-32-21;1-7-5-3-2-4-6-7;;/h5-7,9-10,15,17-18,20H,8,11-14,16H2,1-4H3,(H,26,28)(H,27,29);2-6H,1H3;2*1H/t18?,20-;;;/m1.../s1. The lowest BCUT2D eigenvalue weighted by atomic mass is 9.90. The zero-order valence-electron chi connectivity index (χ0n) is 23.8. The van der Waals surface area contributed by atoms with Crippen LogP contribution in [0.2, 0.25) is 0 Å². The van der Waals surface area contributed by atoms with Crippen molar-refractivity contribution in [2.75, 3.05) is 6.54 Å². The van der Waals surface area contributed by atoms with E-state index >= 15 is 0 Å². The van der Waals surface area contributed by atoms with Crippen LogP contribution in [-0.2, 0) is 22.5 Å². The van der Waals surface area contributed by atoms with Crippen molar-refractivity contribution in [1.82, 2.24) is 15.6 Å². The molecule has 0 aliphatic carbocycles. The van der Waals surface area contributed by atoms with Crippen LogP contribution in [0.3, 0.4) is 0 Å². The maximum Gasteiger partial charge on any atom is 0.407 e. The molecule has 1 unspecified atom stereocenters. The number of nitrogens with one attached hydrogen (secondary N) is 2. The summed E-state index contributed by atoms with van der Waals surface area (Å²) in [7, 11) is 0. The molecule has 216 valence electrons. The van der Waals surface area contributed by atoms with Crippen molar-refractivity contribution >= 4 is 23.5 Å². The second-order valence-electron chi connectivity index (χ2n) is 10.8. The molecule has 2 aromatic carbocycles. The summed E-state index contributed by atoms with van der Waals surface area (Å²) >= 11 is 1.44. The third-order valence-electron chi connectivity index (χ3n) is 5.62. The van der Waals surface area contributed by atoms with Gasteiger partial charge in [-0.3, -0.25) is 4.98 Å². The van der Waals surface area contributed by atoms with Gasteiger partial charge in [0.1, 0.15) is 12.7 Å². The molecule has 0 bridgehead atoms. The average molecular weight is 558 g/mol. The number of nitrogens with zero attached hydrogens (tertiary/aromatic N) is 1. The normalized spacial score (nSPS) is 12.3. The fraction of sp³-hybridized carbons (Fsp3) is 0.452. The molecule has 2 N–H and O–H groups in total. The lowest BCUT2D eigenvalue weighted by Gasteiger charge is -2.23. The summed E-state index contributed by atoms with van der Waals surface area (Å²) in [6.45, 7) is 11.0. The number of aromatic nitrogens is 1. The zero-order valence-corrected chi connectivity index (χ0v) is 24.6. The van der Waals surface area contributed by atoms with E-state index in [1.165, 1.54) is 16.9 Å². The SMILES string of the molecule is CC(CC(C)(C)C)OC(=O)NCCC[C@H](Cc1ccccc1)NC(=O)OCc1cncs1.Cc1ccccc1.[HH].[HH]. The molecule has 1 aromatic heterocycles. The van der Waals surface area contributed by atoms with Crippen LogP contribution in [0.1, 0.15) is 65.8 Å². The van der Waals surface area contributed by atoms with Gasteiger partial charge in [-0.05, 0) is 50.5 Å². The van der Waals surface area contributed by atoms with Gasteiger partial charge in [-0.2, -0.15) is 0 Å². The molecule has 2 atom stereocenters. The molecule has 3 aromatic rings. The summed E-state index contributed by atoms with van der Waals surface area (Å²) in [6, 6.07) is 20.1. The lowest BCUT2D eigenvalue weighted by molar-refractivity contribution is 0.0823. The predicted octanol–water partition coefficient (Wildman–Crippen LogP) is 7.80. The van der Waals surface area contributed by atoms with E-state index in [9.17, 15) is 9.59 Å². The van der Waals surface area contributed by atoms with Crippen LogP contribution in [0.15, 0.2) is 72.4 Å². The number of carbonyl (C=O) groups excluding carboxylic acids is 2. The highest BCUT2D eigenvalue weighted by molar-refractivity contribution is 7.09. The van der Waals surface area contributed by atoms with Crippen molar-refractivity contribution in [3.05, 3.63) is 88.4 Å². The largest absolute Gasteiger partial charge is 0.447 e. The molecule has 0 fully saturated rings. The van der Waals surface area contributed by atoms with Crippen molar-refractivity contribution < 1.29 is 21.9 Å². The summed E-state index contributed by atoms with van der Waals surface area (Å²) in [5.74, 6) is 0. The van der Waals surface area contributed by atoms with Crippen molar-refractivity contribution in [3.63, 3.8) is 0 Å². The molecule has 0 radical (unpaired) electrons. The first-order valence-electron chi connectivity index (χ1n) is 13.4. The Labute approximate surface area is 240 Å². The number of hydrogen-bond donors (Lipinski definition) is 2. The summed E-state index contributed by atoms with van der Waals surface area (Å²) in [6.07, 6.45) is 3.57. The molecule has 3 rings (SSSR count). The van der Waals surface area contributed by atoms with Crippen molar-refractivity contribution in [1.29, 1.82) is 0 Å². The first-order chi connectivity index (χ1) is 18.6. The maximum atomic E-state index is 12.3. The molecule has 0 spiro atoms. The minimum Gasteiger partial charge on any atom is -0.447 e. The molecule has 0 aliphatic rings. The molecule has 8 heteroatoms. The lowest BCUT2D eigenvalue weighted by Crippen LogP contribution is -2.37. The Morgan fingerprint density at radius 2 is 1.69 bits per heavy atom. The quantitative estimate of drug-likeness (QED) is 0.235. The van der Waals surface area contributed by atoms with E-state index in [2.05, 4.69) is 55.4 Å². The second-order valence-corrected chi connectivity index (χ2v) is 11.8. The van der Waals surface area contributed by atoms with Gasteiger partial charge < -0.3 is 20.1 Å². The number of benzene rings is 2. The zero-order chi connectivity index (χ0) is 28.5. The number of carbonyl (C=O) groups is 2. The number of alkyl carbamates (subject to hydrolysis) is 2. The predicted molar refractivity (Wildman–Crippen MR) is 162 cm³/mol. The minimum absolute atomic E-state index is 0. The fourth-order valence-corrected chi connectivity index (χ4v) is 4.49. The van der Waals surface area contributed by atoms with Gasteiger partial charge in [-0.1, -0.05) is 87.0 Å². The van der Waals surface area contributed by atoms with Crippen LogP contribution in [-0.4, -0.2) is 35.9 Å². The van der Waals surface area contributed by atoms with Crippen LogP contribution in [0, 0.1) is 12.3 Å². The van der Waals surface area contributed by atoms with Crippen LogP contribution in [0.25, 0.3) is 0 Å². The topological polar surface area (TPSA) is 89.6 Å². The Morgan fingerprint density at radius 1 is 1.03 bits per heavy atom. The van der Waals surface area contributed by atoms with Gasteiger partial charge >= 0.3 is 12.2 Å². The van der Waals surface area contributed by atoms with E-state index in [0.29, 0.717) is 25.8 Å². The van der Waals surface area contributed by atoms with E-state index in [0.717, 1.165) is 16.9 Å². The smallest absolute Gasteiger partial charge is 0.407 e. The van der Waals surface area contributed by atoms with E-state index in [1.807, 2.05) is 55.5 Å². The van der Waals surface area contributed by atoms with E-state index in [1.54, 1.807) is 11.7 Å². The third-order valence-corrected chi connectivity index (χ3v) is 6.38. The van der Waals surface area contributed by atoms with Gasteiger partial charge in [0.15, 0.2) is 0 Å². The van der Waals surface area contributed by atoms with Gasteiger partial charge in [-0.25, -0.2) is 9.59 Å². The summed E-state index contributed by atoms with van der Waals surface area (Å²) in [4.78, 5) is 29.2. The van der Waals surface area contributed by atoms with Crippen molar-refractivity contribution in [2.45, 2.75) is 79.1 Å². The molecule has 0 saturated heterocycles. The average Bonchev–Trinajstić information content (AvgIpc) is 3.39. The molecule has 2 amide bonds. The first kappa shape index (κ1) is 31.8. The number of hydrogen-bond acceptors (Lipinski definition) is 6. The van der Waals surface area contributed by atoms with Crippen LogP contribution >= 0.6 is 11.3 Å². The summed E-state index contributed by atoms with van der Waals surface area (Å²) < 4.78 is 10.7. The highest BCUT2D eigenvalue weighted by Crippen LogP contribution is 2.22. The minimum atomic E-state index is -0.456. The second kappa shape index (κ2) is 17.2. The van der Waals surface area contributed by atoms with E-state index in [4.69, 9.17) is 9.47 Å². The Hall–Kier alpha value is -3.39. The van der Waals surface area contributed by atoms with Gasteiger partial charge in [0.2, 0.25) is 0 Å². The van der Waals surface area contributed by atoms with E-state index in [-0.39, 0.29) is 27.0 Å². The van der Waals surface area contributed by atoms with Crippen LogP contribution < -0.4 is 10.6 Å². The van der Waals surface area contributed by atoms with E-state index < -0.39 is 12.2 Å². The highest BCUT2D eigenvalue weighted by Gasteiger charge is 2.19. The number of thiazole rings is 1. The van der Waals surface area contributed by atoms with Crippen molar-refractivity contribution in [2.24, 2.45) is 5.41 Å². The number of ether oxygens (including phenoxy) is 2. The Balaban J connectivity index is 0.00000155. The van der Waals surface area contributed by atoms with Gasteiger partial charge in [0.25, 0.3) is 0 Å². The molecular formula is C31H47N3O4S. The van der Waals surface area contributed by atoms with Gasteiger partial charge in [-0.15, -0.1) is 11.3 Å². The number of rotatable bonds is 11. The van der Waals surface area contributed by atoms with Crippen molar-refractivity contribution in [3.8, 4) is 0 Å². The monoisotopic (exact) mass is 557 g/mol. The first-order valence-corrected chi connectivity index (χ1v) is 14.3. The van der Waals surface area contributed by atoms with Crippen LogP contribution in [0.4, 0.5) is 9.59 Å². The van der Waals surface area contributed by atoms with Crippen LogP contribution in [0.5, 0.6) is 0 Å². The fourth-order valence-electron chi connectivity index (χ4n) is 3.98. The summed E-state index contributed by atoms with van der Waals surface area (Å²) in [5.41, 5.74) is 4.26. The summed E-state index contributed by atoms with van der Waals surface area (Å²) in [5, 5.41) is 5.76. The highest BCUT2D eigenvalue weighted by atomic mass is 32.1. The maximum absolute atomic E-state index is 12.3. The molecular weight excluding hydrogens is 510 g/mol. The molecule has 1 heterocycles. The molecule has 0 saturated carbocycles. The Bertz CT molecular complexity index is 1080. The number of aryl methyl sites for hydroxylation is 1. The third kappa shape index (κ3) is 15.6. The molecule has 39 heavy (non-hydrogen) atoms. The van der Waals surface area contributed by atoms with Gasteiger partial charge in [0, 0.05) is 21.6 Å². The van der Waals surface area contributed by atoms with Gasteiger partial charge in [0.05, 0.1) is 10.4 Å². The number of amides is 2. The Kier molecular flexibility index (Phi) is 14.1. The Morgan fingerprint density at radius 3 is 2.26 bits per heavy atom. The molecule has 7 nitrogen and oxygen atoms in total. The molecule has 0 aliphatic heterocycles.